The third kappa shape index (κ3) is 2.29. The molecule has 0 saturated carbocycles. The third-order valence-electron chi connectivity index (χ3n) is 3.14. The van der Waals surface area contributed by atoms with Crippen molar-refractivity contribution in [2.45, 2.75) is 38.8 Å². The number of rotatable bonds is 2. The molecule has 0 radical (unpaired) electrons. The van der Waals surface area contributed by atoms with Crippen molar-refractivity contribution in [3.8, 4) is 0 Å². The van der Waals surface area contributed by atoms with Crippen LogP contribution in [-0.2, 0) is 6.54 Å². The normalized spacial score (nSPS) is 21.7. The van der Waals surface area contributed by atoms with Gasteiger partial charge in [0.1, 0.15) is 5.82 Å². The van der Waals surface area contributed by atoms with Crippen molar-refractivity contribution < 1.29 is 0 Å². The van der Waals surface area contributed by atoms with Gasteiger partial charge < -0.3 is 10.6 Å². The molecule has 3 heteroatoms. The highest BCUT2D eigenvalue weighted by Crippen LogP contribution is 2.22. The fourth-order valence-corrected chi connectivity index (χ4v) is 2.15. The molecule has 1 aliphatic heterocycles. The Hall–Kier alpha value is -1.09. The fraction of sp³-hybridized carbons (Fsp3) is 0.583. The summed E-state index contributed by atoms with van der Waals surface area (Å²) in [6, 6.07) is 4.78. The summed E-state index contributed by atoms with van der Waals surface area (Å²) in [5.41, 5.74) is 6.65. The Kier molecular flexibility index (Phi) is 3.21. The monoisotopic (exact) mass is 205 g/mol. The second-order valence-corrected chi connectivity index (χ2v) is 4.27. The van der Waals surface area contributed by atoms with E-state index in [1.807, 2.05) is 6.20 Å². The third-order valence-corrected chi connectivity index (χ3v) is 3.14. The van der Waals surface area contributed by atoms with Gasteiger partial charge in [0.05, 0.1) is 0 Å². The number of hydrogen-bond acceptors (Lipinski definition) is 3. The first-order valence-electron chi connectivity index (χ1n) is 5.73. The first-order chi connectivity index (χ1) is 7.31. The van der Waals surface area contributed by atoms with Crippen molar-refractivity contribution in [3.63, 3.8) is 0 Å². The summed E-state index contributed by atoms with van der Waals surface area (Å²) >= 11 is 0. The fourth-order valence-electron chi connectivity index (χ4n) is 2.15. The van der Waals surface area contributed by atoms with Gasteiger partial charge in [0.2, 0.25) is 0 Å². The van der Waals surface area contributed by atoms with E-state index in [1.165, 1.54) is 19.3 Å². The average Bonchev–Trinajstić information content (AvgIpc) is 2.30. The number of nitrogens with zero attached hydrogens (tertiary/aromatic N) is 2. The predicted octanol–water partition coefficient (Wildman–Crippen LogP) is 1.92. The van der Waals surface area contributed by atoms with Crippen LogP contribution in [0.3, 0.4) is 0 Å². The molecule has 2 N–H and O–H groups in total. The maximum atomic E-state index is 5.55. The molecule has 1 saturated heterocycles. The lowest BCUT2D eigenvalue weighted by Gasteiger charge is -2.34. The van der Waals surface area contributed by atoms with Crippen LogP contribution in [-0.4, -0.2) is 17.6 Å². The molecule has 15 heavy (non-hydrogen) atoms. The first-order valence-corrected chi connectivity index (χ1v) is 5.73. The SMILES string of the molecule is C[C@H]1CCCCN1c1ccc(CN)cn1. The number of nitrogens with two attached hydrogens (primary N) is 1. The van der Waals surface area contributed by atoms with Gasteiger partial charge in [0.25, 0.3) is 0 Å². The second-order valence-electron chi connectivity index (χ2n) is 4.27. The van der Waals surface area contributed by atoms with Crippen LogP contribution in [0.15, 0.2) is 18.3 Å². The quantitative estimate of drug-likeness (QED) is 0.802. The van der Waals surface area contributed by atoms with E-state index in [0.717, 1.165) is 17.9 Å². The molecular weight excluding hydrogens is 186 g/mol. The summed E-state index contributed by atoms with van der Waals surface area (Å²) in [6.45, 7) is 3.98. The van der Waals surface area contributed by atoms with Crippen molar-refractivity contribution in [1.29, 1.82) is 0 Å². The topological polar surface area (TPSA) is 42.1 Å². The van der Waals surface area contributed by atoms with E-state index in [2.05, 4.69) is 28.9 Å². The molecule has 0 spiro atoms. The Morgan fingerprint density at radius 3 is 2.93 bits per heavy atom. The maximum Gasteiger partial charge on any atom is 0.128 e. The highest BCUT2D eigenvalue weighted by molar-refractivity contribution is 5.40. The minimum Gasteiger partial charge on any atom is -0.354 e. The molecule has 2 heterocycles. The molecule has 3 nitrogen and oxygen atoms in total. The van der Waals surface area contributed by atoms with E-state index in [4.69, 9.17) is 5.73 Å². The Balaban J connectivity index is 2.13. The van der Waals surface area contributed by atoms with Crippen molar-refractivity contribution in [3.05, 3.63) is 23.9 Å². The number of anilines is 1. The number of pyridine rings is 1. The van der Waals surface area contributed by atoms with E-state index < -0.39 is 0 Å². The van der Waals surface area contributed by atoms with Crippen molar-refractivity contribution in [2.75, 3.05) is 11.4 Å². The molecule has 1 atom stereocenters. The molecule has 0 amide bonds. The lowest BCUT2D eigenvalue weighted by Crippen LogP contribution is -2.37. The minimum absolute atomic E-state index is 0.572. The summed E-state index contributed by atoms with van der Waals surface area (Å²) in [5.74, 6) is 1.10. The second kappa shape index (κ2) is 4.62. The molecule has 1 fully saturated rings. The number of hydrogen-bond donors (Lipinski definition) is 1. The van der Waals surface area contributed by atoms with Gasteiger partial charge in [-0.3, -0.25) is 0 Å². The van der Waals surface area contributed by atoms with Gasteiger partial charge in [-0.1, -0.05) is 6.07 Å². The Morgan fingerprint density at radius 2 is 2.33 bits per heavy atom. The lowest BCUT2D eigenvalue weighted by molar-refractivity contribution is 0.481. The van der Waals surface area contributed by atoms with Crippen LogP contribution in [0.5, 0.6) is 0 Å². The predicted molar refractivity (Wildman–Crippen MR) is 62.8 cm³/mol. The van der Waals surface area contributed by atoms with Gasteiger partial charge in [-0.15, -0.1) is 0 Å². The van der Waals surface area contributed by atoms with Crippen molar-refractivity contribution in [2.24, 2.45) is 5.73 Å². The zero-order chi connectivity index (χ0) is 10.7. The maximum absolute atomic E-state index is 5.55. The summed E-state index contributed by atoms with van der Waals surface area (Å²) < 4.78 is 0. The van der Waals surface area contributed by atoms with Crippen molar-refractivity contribution in [1.82, 2.24) is 4.98 Å². The van der Waals surface area contributed by atoms with Crippen LogP contribution in [0, 0.1) is 0 Å². The molecule has 1 aromatic rings. The zero-order valence-electron chi connectivity index (χ0n) is 9.32. The van der Waals surface area contributed by atoms with Gasteiger partial charge in [-0.2, -0.15) is 0 Å². The van der Waals surface area contributed by atoms with Crippen LogP contribution in [0.25, 0.3) is 0 Å². The van der Waals surface area contributed by atoms with E-state index in [-0.39, 0.29) is 0 Å². The Bertz CT molecular complexity index is 307. The van der Waals surface area contributed by atoms with Gasteiger partial charge in [0, 0.05) is 25.3 Å². The highest BCUT2D eigenvalue weighted by atomic mass is 15.2. The van der Waals surface area contributed by atoms with Gasteiger partial charge in [0.15, 0.2) is 0 Å². The van der Waals surface area contributed by atoms with Crippen LogP contribution in [0.2, 0.25) is 0 Å². The Morgan fingerprint density at radius 1 is 1.47 bits per heavy atom. The van der Waals surface area contributed by atoms with Crippen molar-refractivity contribution >= 4 is 5.82 Å². The van der Waals surface area contributed by atoms with Gasteiger partial charge in [-0.05, 0) is 37.8 Å². The summed E-state index contributed by atoms with van der Waals surface area (Å²) in [6.07, 6.45) is 5.79. The minimum atomic E-state index is 0.572. The molecule has 0 aromatic carbocycles. The van der Waals surface area contributed by atoms with E-state index in [9.17, 15) is 0 Å². The molecule has 0 aliphatic carbocycles. The highest BCUT2D eigenvalue weighted by Gasteiger charge is 2.18. The Labute approximate surface area is 91.3 Å². The molecule has 1 aliphatic rings. The van der Waals surface area contributed by atoms with Crippen LogP contribution < -0.4 is 10.6 Å². The van der Waals surface area contributed by atoms with Gasteiger partial charge >= 0.3 is 0 Å². The standard InChI is InChI=1S/C12H19N3/c1-10-4-2-3-7-15(10)12-6-5-11(8-13)9-14-12/h5-6,9-10H,2-4,7-8,13H2,1H3/t10-/m0/s1. The summed E-state index contributed by atoms with van der Waals surface area (Å²) in [4.78, 5) is 6.86. The summed E-state index contributed by atoms with van der Waals surface area (Å²) in [5, 5.41) is 0. The van der Waals surface area contributed by atoms with E-state index in [1.54, 1.807) is 0 Å². The molecular formula is C12H19N3. The van der Waals surface area contributed by atoms with E-state index in [0.29, 0.717) is 12.6 Å². The molecule has 82 valence electrons. The van der Waals surface area contributed by atoms with Crippen LogP contribution in [0.1, 0.15) is 31.7 Å². The molecule has 0 unspecified atom stereocenters. The van der Waals surface area contributed by atoms with Gasteiger partial charge in [-0.25, -0.2) is 4.98 Å². The first kappa shape index (κ1) is 10.4. The number of aromatic nitrogens is 1. The smallest absolute Gasteiger partial charge is 0.128 e. The summed E-state index contributed by atoms with van der Waals surface area (Å²) in [7, 11) is 0. The zero-order valence-corrected chi connectivity index (χ0v) is 9.32. The van der Waals surface area contributed by atoms with Crippen LogP contribution >= 0.6 is 0 Å². The van der Waals surface area contributed by atoms with Crippen LogP contribution in [0.4, 0.5) is 5.82 Å². The average molecular weight is 205 g/mol. The number of piperidine rings is 1. The molecule has 0 bridgehead atoms. The molecule has 1 aromatic heterocycles. The lowest BCUT2D eigenvalue weighted by atomic mass is 10.0. The molecule has 2 rings (SSSR count). The van der Waals surface area contributed by atoms with E-state index >= 15 is 0 Å². The largest absolute Gasteiger partial charge is 0.354 e.